The van der Waals surface area contributed by atoms with Crippen LogP contribution in [0.15, 0.2) is 24.3 Å². The van der Waals surface area contributed by atoms with E-state index in [-0.39, 0.29) is 10.8 Å². The van der Waals surface area contributed by atoms with Crippen molar-refractivity contribution in [1.82, 2.24) is 4.98 Å². The minimum atomic E-state index is -0.375. The molecule has 0 unspecified atom stereocenters. The molecule has 0 aliphatic rings. The number of methoxy groups -OCH3 is 1. The van der Waals surface area contributed by atoms with Crippen LogP contribution >= 0.6 is 12.2 Å². The van der Waals surface area contributed by atoms with Crippen molar-refractivity contribution in [2.24, 2.45) is 5.73 Å². The Morgan fingerprint density at radius 3 is 2.67 bits per heavy atom. The highest BCUT2D eigenvalue weighted by atomic mass is 32.1. The lowest BCUT2D eigenvalue weighted by molar-refractivity contribution is 0.413. The standard InChI is InChI=1S/C15H16FN3OS/c1-8-6-9(2)18-15(13(8)14(17)21)19-11-5-4-10(16)7-12(11)20-3/h4-7H,1-3H3,(H2,17,21)(H,18,19). The first kappa shape index (κ1) is 15.2. The molecule has 1 aromatic carbocycles. The number of halogens is 1. The molecule has 1 heterocycles. The Balaban J connectivity index is 2.51. The van der Waals surface area contributed by atoms with Gasteiger partial charge in [-0.15, -0.1) is 0 Å². The van der Waals surface area contributed by atoms with Crippen molar-refractivity contribution >= 4 is 28.7 Å². The van der Waals surface area contributed by atoms with Crippen molar-refractivity contribution in [2.45, 2.75) is 13.8 Å². The average Bonchev–Trinajstić information content (AvgIpc) is 2.39. The number of anilines is 2. The molecule has 1 aromatic heterocycles. The summed E-state index contributed by atoms with van der Waals surface area (Å²) in [5.41, 5.74) is 8.79. The predicted octanol–water partition coefficient (Wildman–Crippen LogP) is 3.22. The van der Waals surface area contributed by atoms with Crippen LogP contribution < -0.4 is 15.8 Å². The summed E-state index contributed by atoms with van der Waals surface area (Å²) in [5, 5.41) is 3.11. The number of benzene rings is 1. The zero-order chi connectivity index (χ0) is 15.6. The third-order valence-electron chi connectivity index (χ3n) is 3.01. The van der Waals surface area contributed by atoms with E-state index in [0.29, 0.717) is 22.8 Å². The molecule has 2 rings (SSSR count). The Bertz CT molecular complexity index is 704. The Labute approximate surface area is 128 Å². The quantitative estimate of drug-likeness (QED) is 0.849. The number of thiocarbonyl (C=S) groups is 1. The molecular formula is C15H16FN3OS. The zero-order valence-electron chi connectivity index (χ0n) is 12.0. The largest absolute Gasteiger partial charge is 0.494 e. The van der Waals surface area contributed by atoms with Gasteiger partial charge >= 0.3 is 0 Å². The summed E-state index contributed by atoms with van der Waals surface area (Å²) in [6, 6.07) is 6.12. The maximum atomic E-state index is 13.2. The average molecular weight is 305 g/mol. The maximum Gasteiger partial charge on any atom is 0.145 e. The molecule has 21 heavy (non-hydrogen) atoms. The second-order valence-electron chi connectivity index (χ2n) is 4.64. The Morgan fingerprint density at radius 1 is 1.33 bits per heavy atom. The van der Waals surface area contributed by atoms with E-state index in [2.05, 4.69) is 10.3 Å². The lowest BCUT2D eigenvalue weighted by Crippen LogP contribution is -2.15. The number of nitrogens with one attached hydrogen (secondary N) is 1. The van der Waals surface area contributed by atoms with Crippen molar-refractivity contribution in [3.05, 3.63) is 46.9 Å². The van der Waals surface area contributed by atoms with Gasteiger partial charge in [-0.25, -0.2) is 9.37 Å². The number of hydrogen-bond donors (Lipinski definition) is 2. The lowest BCUT2D eigenvalue weighted by atomic mass is 10.1. The molecular weight excluding hydrogens is 289 g/mol. The van der Waals surface area contributed by atoms with Crippen LogP contribution in [0, 0.1) is 19.7 Å². The molecule has 0 aliphatic carbocycles. The molecule has 4 nitrogen and oxygen atoms in total. The number of pyridine rings is 1. The first-order valence-electron chi connectivity index (χ1n) is 6.31. The first-order valence-corrected chi connectivity index (χ1v) is 6.71. The molecule has 0 saturated heterocycles. The minimum Gasteiger partial charge on any atom is -0.494 e. The number of aryl methyl sites for hydroxylation is 2. The Kier molecular flexibility index (Phi) is 4.37. The smallest absolute Gasteiger partial charge is 0.145 e. The van der Waals surface area contributed by atoms with E-state index in [9.17, 15) is 4.39 Å². The van der Waals surface area contributed by atoms with Gasteiger partial charge in [0.1, 0.15) is 22.4 Å². The fourth-order valence-electron chi connectivity index (χ4n) is 2.13. The fourth-order valence-corrected chi connectivity index (χ4v) is 2.39. The van der Waals surface area contributed by atoms with Crippen LogP contribution in [0.25, 0.3) is 0 Å². The highest BCUT2D eigenvalue weighted by Crippen LogP contribution is 2.30. The highest BCUT2D eigenvalue weighted by molar-refractivity contribution is 7.80. The van der Waals surface area contributed by atoms with E-state index in [4.69, 9.17) is 22.7 Å². The topological polar surface area (TPSA) is 60.2 Å². The molecule has 0 radical (unpaired) electrons. The second kappa shape index (κ2) is 6.05. The van der Waals surface area contributed by atoms with Gasteiger partial charge in [-0.2, -0.15) is 0 Å². The monoisotopic (exact) mass is 305 g/mol. The van der Waals surface area contributed by atoms with E-state index in [1.54, 1.807) is 6.07 Å². The van der Waals surface area contributed by atoms with E-state index in [0.717, 1.165) is 11.3 Å². The van der Waals surface area contributed by atoms with Crippen LogP contribution in [0.2, 0.25) is 0 Å². The number of nitrogens with two attached hydrogens (primary N) is 1. The van der Waals surface area contributed by atoms with Gasteiger partial charge in [0.25, 0.3) is 0 Å². The van der Waals surface area contributed by atoms with Gasteiger partial charge in [-0.1, -0.05) is 12.2 Å². The van der Waals surface area contributed by atoms with Crippen molar-refractivity contribution in [2.75, 3.05) is 12.4 Å². The molecule has 0 atom stereocenters. The van der Waals surface area contributed by atoms with Gasteiger partial charge in [0, 0.05) is 11.8 Å². The van der Waals surface area contributed by atoms with Gasteiger partial charge in [-0.05, 0) is 37.6 Å². The number of ether oxygens (including phenoxy) is 1. The molecule has 0 bridgehead atoms. The summed E-state index contributed by atoms with van der Waals surface area (Å²) in [7, 11) is 1.48. The Morgan fingerprint density at radius 2 is 2.05 bits per heavy atom. The van der Waals surface area contributed by atoms with E-state index in [1.807, 2.05) is 19.9 Å². The number of rotatable bonds is 4. The molecule has 2 aromatic rings. The van der Waals surface area contributed by atoms with Crippen LogP contribution in [-0.2, 0) is 0 Å². The minimum absolute atomic E-state index is 0.253. The van der Waals surface area contributed by atoms with Crippen molar-refractivity contribution in [1.29, 1.82) is 0 Å². The van der Waals surface area contributed by atoms with Crippen LogP contribution in [0.1, 0.15) is 16.8 Å². The molecule has 0 saturated carbocycles. The summed E-state index contributed by atoms with van der Waals surface area (Å²) >= 11 is 5.09. The molecule has 110 valence electrons. The van der Waals surface area contributed by atoms with Gasteiger partial charge in [0.2, 0.25) is 0 Å². The summed E-state index contributed by atoms with van der Waals surface area (Å²) in [5.74, 6) is 0.537. The number of aromatic nitrogens is 1. The third-order valence-corrected chi connectivity index (χ3v) is 3.21. The van der Waals surface area contributed by atoms with E-state index >= 15 is 0 Å². The molecule has 3 N–H and O–H groups in total. The van der Waals surface area contributed by atoms with Gasteiger partial charge in [-0.3, -0.25) is 0 Å². The third kappa shape index (κ3) is 3.28. The molecule has 0 amide bonds. The summed E-state index contributed by atoms with van der Waals surface area (Å²) in [6.07, 6.45) is 0. The number of hydrogen-bond acceptors (Lipinski definition) is 4. The zero-order valence-corrected chi connectivity index (χ0v) is 12.8. The highest BCUT2D eigenvalue weighted by Gasteiger charge is 2.14. The normalized spacial score (nSPS) is 10.3. The van der Waals surface area contributed by atoms with Crippen LogP contribution in [0.5, 0.6) is 5.75 Å². The predicted molar refractivity (Wildman–Crippen MR) is 85.8 cm³/mol. The van der Waals surface area contributed by atoms with Crippen LogP contribution in [0.3, 0.4) is 0 Å². The molecule has 0 fully saturated rings. The van der Waals surface area contributed by atoms with Gasteiger partial charge in [0.05, 0.1) is 18.4 Å². The molecule has 6 heteroatoms. The molecule has 0 aliphatic heterocycles. The first-order chi connectivity index (χ1) is 9.92. The second-order valence-corrected chi connectivity index (χ2v) is 5.08. The summed E-state index contributed by atoms with van der Waals surface area (Å²) < 4.78 is 18.4. The van der Waals surface area contributed by atoms with E-state index in [1.165, 1.54) is 19.2 Å². The van der Waals surface area contributed by atoms with Crippen molar-refractivity contribution in [3.8, 4) is 5.75 Å². The van der Waals surface area contributed by atoms with Crippen molar-refractivity contribution in [3.63, 3.8) is 0 Å². The fraction of sp³-hybridized carbons (Fsp3) is 0.200. The number of nitrogens with zero attached hydrogens (tertiary/aromatic N) is 1. The van der Waals surface area contributed by atoms with Crippen molar-refractivity contribution < 1.29 is 9.13 Å². The van der Waals surface area contributed by atoms with Gasteiger partial charge < -0.3 is 15.8 Å². The SMILES string of the molecule is COc1cc(F)ccc1Nc1nc(C)cc(C)c1C(N)=S. The van der Waals surface area contributed by atoms with Gasteiger partial charge in [0.15, 0.2) is 0 Å². The molecule has 0 spiro atoms. The summed E-state index contributed by atoms with van der Waals surface area (Å²) in [4.78, 5) is 4.67. The summed E-state index contributed by atoms with van der Waals surface area (Å²) in [6.45, 7) is 3.79. The Hall–Kier alpha value is -2.21. The van der Waals surface area contributed by atoms with Crippen LogP contribution in [0.4, 0.5) is 15.9 Å². The van der Waals surface area contributed by atoms with Crippen LogP contribution in [-0.4, -0.2) is 17.1 Å². The lowest BCUT2D eigenvalue weighted by Gasteiger charge is -2.15. The van der Waals surface area contributed by atoms with E-state index < -0.39 is 0 Å². The maximum absolute atomic E-state index is 13.2.